The predicted octanol–water partition coefficient (Wildman–Crippen LogP) is 18.1. The molecule has 326 valence electrons. The monoisotopic (exact) mass is 897 g/mol. The standard InChI is InChI=1S/C67H47NS/c1-65(2)52-25-13-8-20-44(52)48-34-31-42(37-57(48)65)68(43-32-35-49-45-21-9-14-26-53(45)66(3,4)58(49)38-43)64-62-50-24-12-17-29-56(50)67(54-27-15-10-22-46(54)47-23-11-16-28-55(47)67)59(62)39-61-63(64)51-33-30-41(36-60(51)69-61)40-18-6-5-7-19-40/h5-39H,1-4H3. The van der Waals surface area contributed by atoms with Crippen molar-refractivity contribution in [3.05, 3.63) is 257 Å². The summed E-state index contributed by atoms with van der Waals surface area (Å²) in [6.45, 7) is 9.63. The van der Waals surface area contributed by atoms with Crippen LogP contribution in [0, 0.1) is 0 Å². The van der Waals surface area contributed by atoms with Crippen LogP contribution in [0.3, 0.4) is 0 Å². The molecular weight excluding hydrogens is 851 g/mol. The van der Waals surface area contributed by atoms with Crippen LogP contribution < -0.4 is 4.90 Å². The van der Waals surface area contributed by atoms with E-state index in [4.69, 9.17) is 0 Å². The largest absolute Gasteiger partial charge is 0.309 e. The van der Waals surface area contributed by atoms with Crippen LogP contribution in [0.5, 0.6) is 0 Å². The Morgan fingerprint density at radius 2 is 0.783 bits per heavy atom. The quantitative estimate of drug-likeness (QED) is 0.170. The van der Waals surface area contributed by atoms with Gasteiger partial charge in [-0.3, -0.25) is 0 Å². The summed E-state index contributed by atoms with van der Waals surface area (Å²) < 4.78 is 2.59. The van der Waals surface area contributed by atoms with Crippen LogP contribution in [0.1, 0.15) is 72.2 Å². The first-order valence-electron chi connectivity index (χ1n) is 24.4. The molecule has 0 fully saturated rings. The molecule has 0 N–H and O–H groups in total. The van der Waals surface area contributed by atoms with Crippen LogP contribution in [0.2, 0.25) is 0 Å². The van der Waals surface area contributed by atoms with E-state index in [-0.39, 0.29) is 10.8 Å². The van der Waals surface area contributed by atoms with E-state index < -0.39 is 5.41 Å². The Labute approximate surface area is 407 Å². The zero-order valence-electron chi connectivity index (χ0n) is 39.1. The fourth-order valence-corrected chi connectivity index (χ4v) is 14.8. The molecule has 10 aromatic carbocycles. The van der Waals surface area contributed by atoms with E-state index in [0.29, 0.717) is 0 Å². The minimum atomic E-state index is -0.512. The van der Waals surface area contributed by atoms with Crippen molar-refractivity contribution in [1.29, 1.82) is 0 Å². The minimum absolute atomic E-state index is 0.181. The lowest BCUT2D eigenvalue weighted by Crippen LogP contribution is -2.26. The summed E-state index contributed by atoms with van der Waals surface area (Å²) in [5, 5.41) is 2.58. The summed E-state index contributed by atoms with van der Waals surface area (Å²) in [5.74, 6) is 0. The summed E-state index contributed by atoms with van der Waals surface area (Å²) in [5.41, 5.74) is 26.7. The maximum Gasteiger partial charge on any atom is 0.0726 e. The molecule has 69 heavy (non-hydrogen) atoms. The molecular formula is C67H47NS. The zero-order valence-corrected chi connectivity index (χ0v) is 39.9. The van der Waals surface area contributed by atoms with Gasteiger partial charge in [-0.15, -0.1) is 11.3 Å². The summed E-state index contributed by atoms with van der Waals surface area (Å²) in [7, 11) is 0. The van der Waals surface area contributed by atoms with Crippen molar-refractivity contribution in [1.82, 2.24) is 0 Å². The van der Waals surface area contributed by atoms with Gasteiger partial charge in [0, 0.05) is 47.9 Å². The number of anilines is 3. The SMILES string of the molecule is CC1(C)c2ccccc2-c2ccc(N(c3ccc4c(c3)C(C)(C)c3ccccc3-4)c3c4c(cc5sc6cc(-c7ccccc7)ccc6c35)C3(c5ccccc5-c5ccccc53)c3ccccc3-4)cc21. The van der Waals surface area contributed by atoms with Crippen molar-refractivity contribution in [3.63, 3.8) is 0 Å². The van der Waals surface area contributed by atoms with Gasteiger partial charge >= 0.3 is 0 Å². The molecule has 1 heterocycles. The molecule has 4 aliphatic carbocycles. The van der Waals surface area contributed by atoms with Crippen molar-refractivity contribution < 1.29 is 0 Å². The van der Waals surface area contributed by atoms with Crippen molar-refractivity contribution >= 4 is 48.6 Å². The molecule has 1 nitrogen and oxygen atoms in total. The molecule has 1 aromatic heterocycles. The highest BCUT2D eigenvalue weighted by atomic mass is 32.1. The van der Waals surface area contributed by atoms with Gasteiger partial charge in [-0.2, -0.15) is 0 Å². The van der Waals surface area contributed by atoms with Crippen molar-refractivity contribution in [2.45, 2.75) is 43.9 Å². The third-order valence-electron chi connectivity index (χ3n) is 16.7. The Hall–Kier alpha value is -7.78. The summed E-state index contributed by atoms with van der Waals surface area (Å²) >= 11 is 1.94. The number of benzene rings is 10. The fourth-order valence-electron chi connectivity index (χ4n) is 13.6. The van der Waals surface area contributed by atoms with Crippen LogP contribution in [0.4, 0.5) is 17.1 Å². The molecule has 0 atom stereocenters. The first-order valence-corrected chi connectivity index (χ1v) is 25.2. The van der Waals surface area contributed by atoms with E-state index in [1.54, 1.807) is 0 Å². The van der Waals surface area contributed by atoms with E-state index in [2.05, 4.69) is 245 Å². The molecule has 15 rings (SSSR count). The first-order chi connectivity index (χ1) is 33.7. The fraction of sp³-hybridized carbons (Fsp3) is 0.104. The molecule has 1 spiro atoms. The maximum atomic E-state index is 2.68. The third-order valence-corrected chi connectivity index (χ3v) is 17.8. The molecule has 0 radical (unpaired) electrons. The number of fused-ring (bicyclic) bond motifs is 19. The van der Waals surface area contributed by atoms with Crippen molar-refractivity contribution in [2.24, 2.45) is 0 Å². The van der Waals surface area contributed by atoms with Gasteiger partial charge < -0.3 is 4.90 Å². The second-order valence-corrected chi connectivity index (χ2v) is 21.8. The summed E-state index contributed by atoms with van der Waals surface area (Å²) in [4.78, 5) is 2.68. The first kappa shape index (κ1) is 39.2. The zero-order chi connectivity index (χ0) is 46.0. The number of nitrogens with zero attached hydrogens (tertiary/aromatic N) is 1. The summed E-state index contributed by atoms with van der Waals surface area (Å²) in [6.07, 6.45) is 0. The topological polar surface area (TPSA) is 3.24 Å². The molecule has 2 heteroatoms. The molecule has 11 aromatic rings. The lowest BCUT2D eigenvalue weighted by molar-refractivity contribution is 0.660. The van der Waals surface area contributed by atoms with Gasteiger partial charge in [0.2, 0.25) is 0 Å². The van der Waals surface area contributed by atoms with Gasteiger partial charge in [0.25, 0.3) is 0 Å². The number of thiophene rings is 1. The van der Waals surface area contributed by atoms with Gasteiger partial charge in [0.05, 0.1) is 11.1 Å². The van der Waals surface area contributed by atoms with E-state index in [1.165, 1.54) is 137 Å². The number of rotatable bonds is 4. The van der Waals surface area contributed by atoms with Gasteiger partial charge in [-0.05, 0) is 131 Å². The lowest BCUT2D eigenvalue weighted by Gasteiger charge is -2.33. The molecule has 0 bridgehead atoms. The molecule has 4 aliphatic rings. The Bertz CT molecular complexity index is 3880. The lowest BCUT2D eigenvalue weighted by atomic mass is 9.70. The average Bonchev–Trinajstić information content (AvgIpc) is 4.13. The highest BCUT2D eigenvalue weighted by molar-refractivity contribution is 7.26. The van der Waals surface area contributed by atoms with Gasteiger partial charge in [-0.25, -0.2) is 0 Å². The van der Waals surface area contributed by atoms with E-state index in [9.17, 15) is 0 Å². The van der Waals surface area contributed by atoms with Crippen LogP contribution in [-0.2, 0) is 16.2 Å². The minimum Gasteiger partial charge on any atom is -0.309 e. The number of hydrogen-bond donors (Lipinski definition) is 0. The second kappa shape index (κ2) is 13.7. The Morgan fingerprint density at radius 1 is 0.333 bits per heavy atom. The Balaban J connectivity index is 1.11. The van der Waals surface area contributed by atoms with E-state index in [0.717, 1.165) is 0 Å². The Kier molecular flexibility index (Phi) is 7.78. The third kappa shape index (κ3) is 4.99. The van der Waals surface area contributed by atoms with Crippen LogP contribution in [0.25, 0.3) is 75.8 Å². The van der Waals surface area contributed by atoms with Gasteiger partial charge in [0.1, 0.15) is 0 Å². The van der Waals surface area contributed by atoms with Gasteiger partial charge in [-0.1, -0.05) is 204 Å². The summed E-state index contributed by atoms with van der Waals surface area (Å²) in [6, 6.07) is 81.2. The highest BCUT2D eigenvalue weighted by Gasteiger charge is 2.53. The van der Waals surface area contributed by atoms with Gasteiger partial charge in [0.15, 0.2) is 0 Å². The second-order valence-electron chi connectivity index (χ2n) is 20.7. The average molecular weight is 898 g/mol. The molecule has 0 aliphatic heterocycles. The maximum absolute atomic E-state index is 2.68. The molecule has 0 unspecified atom stereocenters. The number of hydrogen-bond acceptors (Lipinski definition) is 2. The molecule has 0 saturated carbocycles. The molecule has 0 saturated heterocycles. The highest BCUT2D eigenvalue weighted by Crippen LogP contribution is 2.67. The Morgan fingerprint density at radius 3 is 1.33 bits per heavy atom. The normalized spacial score (nSPS) is 15.3. The predicted molar refractivity (Wildman–Crippen MR) is 291 cm³/mol. The van der Waals surface area contributed by atoms with Crippen molar-refractivity contribution in [2.75, 3.05) is 4.90 Å². The van der Waals surface area contributed by atoms with Crippen molar-refractivity contribution in [3.8, 4) is 55.6 Å². The molecule has 0 amide bonds. The van der Waals surface area contributed by atoms with Crippen LogP contribution in [-0.4, -0.2) is 0 Å². The smallest absolute Gasteiger partial charge is 0.0726 e. The van der Waals surface area contributed by atoms with E-state index in [1.807, 2.05) is 11.3 Å². The van der Waals surface area contributed by atoms with E-state index >= 15 is 0 Å². The van der Waals surface area contributed by atoms with Crippen LogP contribution >= 0.6 is 11.3 Å². The van der Waals surface area contributed by atoms with Crippen LogP contribution in [0.15, 0.2) is 212 Å².